The summed E-state index contributed by atoms with van der Waals surface area (Å²) in [6, 6.07) is 8.80. The minimum Gasteiger partial charge on any atom is -0.480 e. The Bertz CT molecular complexity index is 364. The summed E-state index contributed by atoms with van der Waals surface area (Å²) in [6.07, 6.45) is -2.82. The van der Waals surface area contributed by atoms with Gasteiger partial charge in [-0.3, -0.25) is 4.74 Å². The molecular weight excluding hydrogens is 245 g/mol. The Morgan fingerprint density at radius 1 is 1.06 bits per heavy atom. The van der Waals surface area contributed by atoms with Gasteiger partial charge in [0.05, 0.1) is 0 Å². The Labute approximate surface area is 104 Å². The molecule has 1 aliphatic rings. The standard InChI is InChI=1S/C13H14F3O2/c14-13(15,16)18-12-9-5-4-8-11(12)17-10-6-2-1-3-7-10/h1-3,6-7,12H,4-5,8-9H2. The number of para-hydroxylation sites is 1. The monoisotopic (exact) mass is 259 g/mol. The van der Waals surface area contributed by atoms with E-state index in [-0.39, 0.29) is 0 Å². The molecule has 5 heteroatoms. The van der Waals surface area contributed by atoms with Gasteiger partial charge in [-0.2, -0.15) is 0 Å². The van der Waals surface area contributed by atoms with Crippen LogP contribution in [0.3, 0.4) is 0 Å². The van der Waals surface area contributed by atoms with Crippen molar-refractivity contribution in [1.82, 2.24) is 0 Å². The van der Waals surface area contributed by atoms with Gasteiger partial charge in [0.2, 0.25) is 0 Å². The number of alkyl halides is 3. The molecule has 1 radical (unpaired) electrons. The fraction of sp³-hybridized carbons (Fsp3) is 0.462. The molecule has 1 saturated carbocycles. The second-order valence-electron chi connectivity index (χ2n) is 4.18. The van der Waals surface area contributed by atoms with E-state index in [4.69, 9.17) is 4.74 Å². The first-order chi connectivity index (χ1) is 8.54. The van der Waals surface area contributed by atoms with E-state index in [9.17, 15) is 13.2 Å². The third-order valence-electron chi connectivity index (χ3n) is 2.77. The van der Waals surface area contributed by atoms with E-state index in [0.717, 1.165) is 12.8 Å². The van der Waals surface area contributed by atoms with Gasteiger partial charge in [0.1, 0.15) is 11.9 Å². The smallest absolute Gasteiger partial charge is 0.480 e. The second kappa shape index (κ2) is 5.61. The molecule has 0 aliphatic heterocycles. The largest absolute Gasteiger partial charge is 0.522 e. The Balaban J connectivity index is 2.00. The SMILES string of the molecule is FC(F)(F)OC1CCCC[C]1Oc1ccccc1. The molecule has 0 N–H and O–H groups in total. The van der Waals surface area contributed by atoms with E-state index in [2.05, 4.69) is 4.74 Å². The molecule has 2 rings (SSSR count). The lowest BCUT2D eigenvalue weighted by Crippen LogP contribution is -2.34. The number of ether oxygens (including phenoxy) is 2. The van der Waals surface area contributed by atoms with Gasteiger partial charge in [-0.25, -0.2) is 0 Å². The van der Waals surface area contributed by atoms with Crippen LogP contribution in [0.5, 0.6) is 5.75 Å². The molecule has 0 bridgehead atoms. The van der Waals surface area contributed by atoms with Crippen molar-refractivity contribution in [2.75, 3.05) is 0 Å². The summed E-state index contributed by atoms with van der Waals surface area (Å²) in [5.41, 5.74) is 0. The molecule has 1 unspecified atom stereocenters. The van der Waals surface area contributed by atoms with Gasteiger partial charge in [0.15, 0.2) is 6.10 Å². The molecule has 99 valence electrons. The minimum absolute atomic E-state index is 0.349. The molecule has 1 aromatic carbocycles. The topological polar surface area (TPSA) is 18.5 Å². The van der Waals surface area contributed by atoms with Crippen LogP contribution in [-0.2, 0) is 4.74 Å². The van der Waals surface area contributed by atoms with E-state index < -0.39 is 12.5 Å². The highest BCUT2D eigenvalue weighted by Crippen LogP contribution is 2.34. The van der Waals surface area contributed by atoms with Crippen molar-refractivity contribution in [3.8, 4) is 5.75 Å². The summed E-state index contributed by atoms with van der Waals surface area (Å²) >= 11 is 0. The fourth-order valence-corrected chi connectivity index (χ4v) is 1.99. The Morgan fingerprint density at radius 2 is 1.78 bits per heavy atom. The lowest BCUT2D eigenvalue weighted by Gasteiger charge is -2.30. The second-order valence-corrected chi connectivity index (χ2v) is 4.18. The summed E-state index contributed by atoms with van der Waals surface area (Å²) in [7, 11) is 0. The van der Waals surface area contributed by atoms with Crippen molar-refractivity contribution >= 4 is 0 Å². The molecule has 0 aromatic heterocycles. The zero-order valence-corrected chi connectivity index (χ0v) is 9.74. The average Bonchev–Trinajstić information content (AvgIpc) is 2.31. The zero-order valence-electron chi connectivity index (χ0n) is 9.74. The summed E-state index contributed by atoms with van der Waals surface area (Å²) in [4.78, 5) is 0. The van der Waals surface area contributed by atoms with E-state index >= 15 is 0 Å². The van der Waals surface area contributed by atoms with Crippen molar-refractivity contribution in [2.24, 2.45) is 0 Å². The van der Waals surface area contributed by atoms with Crippen molar-refractivity contribution in [2.45, 2.75) is 38.1 Å². The van der Waals surface area contributed by atoms with Gasteiger partial charge in [-0.1, -0.05) is 24.6 Å². The van der Waals surface area contributed by atoms with Crippen LogP contribution in [0.2, 0.25) is 0 Å². The molecule has 0 heterocycles. The van der Waals surface area contributed by atoms with Crippen LogP contribution in [0, 0.1) is 6.10 Å². The molecule has 0 saturated heterocycles. The predicted molar refractivity (Wildman–Crippen MR) is 59.7 cm³/mol. The first-order valence-corrected chi connectivity index (χ1v) is 5.88. The van der Waals surface area contributed by atoms with Crippen molar-refractivity contribution in [3.05, 3.63) is 36.4 Å². The number of hydrogen-bond donors (Lipinski definition) is 0. The van der Waals surface area contributed by atoms with Crippen molar-refractivity contribution < 1.29 is 22.6 Å². The highest BCUT2D eigenvalue weighted by Gasteiger charge is 2.39. The van der Waals surface area contributed by atoms with Gasteiger partial charge in [0, 0.05) is 0 Å². The first-order valence-electron chi connectivity index (χ1n) is 5.88. The first kappa shape index (κ1) is 13.2. The van der Waals surface area contributed by atoms with Crippen LogP contribution in [0.1, 0.15) is 25.7 Å². The van der Waals surface area contributed by atoms with Gasteiger partial charge in [0.25, 0.3) is 0 Å². The molecule has 18 heavy (non-hydrogen) atoms. The van der Waals surface area contributed by atoms with Crippen molar-refractivity contribution in [1.29, 1.82) is 0 Å². The van der Waals surface area contributed by atoms with Crippen LogP contribution >= 0.6 is 0 Å². The van der Waals surface area contributed by atoms with E-state index in [1.807, 2.05) is 6.07 Å². The molecular formula is C13H14F3O2. The third-order valence-corrected chi connectivity index (χ3v) is 2.77. The molecule has 1 aromatic rings. The number of hydrogen-bond acceptors (Lipinski definition) is 2. The highest BCUT2D eigenvalue weighted by molar-refractivity contribution is 5.23. The Hall–Kier alpha value is -1.23. The summed E-state index contributed by atoms with van der Waals surface area (Å²) in [5, 5.41) is 0. The quantitative estimate of drug-likeness (QED) is 0.814. The molecule has 1 fully saturated rings. The predicted octanol–water partition coefficient (Wildman–Crippen LogP) is 4.08. The van der Waals surface area contributed by atoms with Gasteiger partial charge in [-0.15, -0.1) is 13.2 Å². The maximum absolute atomic E-state index is 12.3. The van der Waals surface area contributed by atoms with E-state index in [1.54, 1.807) is 24.3 Å². The number of halogens is 3. The third kappa shape index (κ3) is 3.91. The lowest BCUT2D eigenvalue weighted by atomic mass is 9.94. The van der Waals surface area contributed by atoms with E-state index in [1.165, 1.54) is 0 Å². The zero-order chi connectivity index (χ0) is 13.0. The van der Waals surface area contributed by atoms with E-state index in [0.29, 0.717) is 24.7 Å². The maximum Gasteiger partial charge on any atom is 0.522 e. The number of rotatable bonds is 3. The molecule has 0 amide bonds. The number of benzene rings is 1. The van der Waals surface area contributed by atoms with Crippen molar-refractivity contribution in [3.63, 3.8) is 0 Å². The van der Waals surface area contributed by atoms with Crippen LogP contribution in [0.15, 0.2) is 30.3 Å². The van der Waals surface area contributed by atoms with Crippen LogP contribution < -0.4 is 4.74 Å². The van der Waals surface area contributed by atoms with Gasteiger partial charge in [-0.05, 0) is 31.4 Å². The lowest BCUT2D eigenvalue weighted by molar-refractivity contribution is -0.345. The molecule has 0 spiro atoms. The highest BCUT2D eigenvalue weighted by atomic mass is 19.4. The summed E-state index contributed by atoms with van der Waals surface area (Å²) in [6.45, 7) is 0. The summed E-state index contributed by atoms with van der Waals surface area (Å²) in [5.74, 6) is 0.546. The van der Waals surface area contributed by atoms with Gasteiger partial charge < -0.3 is 4.74 Å². The Kier molecular flexibility index (Phi) is 4.11. The molecule has 2 nitrogen and oxygen atoms in total. The van der Waals surface area contributed by atoms with Crippen LogP contribution in [0.25, 0.3) is 0 Å². The summed E-state index contributed by atoms with van der Waals surface area (Å²) < 4.78 is 46.4. The fourth-order valence-electron chi connectivity index (χ4n) is 1.99. The minimum atomic E-state index is -4.62. The molecule has 1 aliphatic carbocycles. The normalized spacial score (nSPS) is 21.8. The van der Waals surface area contributed by atoms with Crippen LogP contribution in [-0.4, -0.2) is 12.5 Å². The molecule has 1 atom stereocenters. The maximum atomic E-state index is 12.3. The van der Waals surface area contributed by atoms with Gasteiger partial charge >= 0.3 is 6.36 Å². The average molecular weight is 259 g/mol. The Morgan fingerprint density at radius 3 is 2.44 bits per heavy atom. The van der Waals surface area contributed by atoms with Crippen LogP contribution in [0.4, 0.5) is 13.2 Å².